The smallest absolute Gasteiger partial charge is 0.338 e. The predicted octanol–water partition coefficient (Wildman–Crippen LogP) is 3.18. The number of rotatable bonds is 5. The summed E-state index contributed by atoms with van der Waals surface area (Å²) in [7, 11) is -3.54. The van der Waals surface area contributed by atoms with Gasteiger partial charge in [0.1, 0.15) is 0 Å². The van der Waals surface area contributed by atoms with Gasteiger partial charge in [-0.1, -0.05) is 12.1 Å². The van der Waals surface area contributed by atoms with E-state index < -0.39 is 10.0 Å². The number of hydrogen-bond donors (Lipinski definition) is 1. The highest BCUT2D eigenvalue weighted by molar-refractivity contribution is 7.89. The molecule has 1 saturated heterocycles. The van der Waals surface area contributed by atoms with Crippen molar-refractivity contribution < 1.29 is 17.9 Å². The quantitative estimate of drug-likeness (QED) is 0.541. The van der Waals surface area contributed by atoms with E-state index in [1.807, 2.05) is 30.9 Å². The van der Waals surface area contributed by atoms with Crippen molar-refractivity contribution in [1.82, 2.24) is 9.21 Å². The van der Waals surface area contributed by atoms with Gasteiger partial charge in [0.05, 0.1) is 17.1 Å². The minimum Gasteiger partial charge on any atom is -0.462 e. The molecular weight excluding hydrogens is 434 g/mol. The Morgan fingerprint density at radius 1 is 1.06 bits per heavy atom. The summed E-state index contributed by atoms with van der Waals surface area (Å²) in [5, 5.41) is 3.67. The second-order valence-corrected chi connectivity index (χ2v) is 9.68. The van der Waals surface area contributed by atoms with E-state index in [1.165, 1.54) is 4.31 Å². The molecule has 1 heterocycles. The van der Waals surface area contributed by atoms with Crippen molar-refractivity contribution in [2.75, 3.05) is 38.1 Å². The number of esters is 1. The first kappa shape index (κ1) is 23.2. The molecule has 1 aliphatic heterocycles. The zero-order valence-corrected chi connectivity index (χ0v) is 19.6. The molecule has 1 aliphatic rings. The van der Waals surface area contributed by atoms with E-state index in [4.69, 9.17) is 17.0 Å². The molecular formula is C22H27N3O4S2. The predicted molar refractivity (Wildman–Crippen MR) is 125 cm³/mol. The lowest BCUT2D eigenvalue weighted by Gasteiger charge is -2.35. The molecule has 1 N–H and O–H groups in total. The van der Waals surface area contributed by atoms with E-state index >= 15 is 0 Å². The van der Waals surface area contributed by atoms with Crippen LogP contribution in [0.15, 0.2) is 47.4 Å². The number of carbonyl (C=O) groups excluding carboxylic acids is 1. The van der Waals surface area contributed by atoms with E-state index in [-0.39, 0.29) is 5.97 Å². The number of nitrogens with zero attached hydrogens (tertiary/aromatic N) is 2. The lowest BCUT2D eigenvalue weighted by molar-refractivity contribution is 0.0526. The molecule has 0 unspecified atom stereocenters. The average Bonchev–Trinajstić information content (AvgIpc) is 2.76. The Kier molecular flexibility index (Phi) is 7.30. The Balaban J connectivity index is 1.60. The van der Waals surface area contributed by atoms with Crippen molar-refractivity contribution in [2.24, 2.45) is 0 Å². The topological polar surface area (TPSA) is 79.0 Å². The van der Waals surface area contributed by atoms with Gasteiger partial charge in [0.25, 0.3) is 0 Å². The largest absolute Gasteiger partial charge is 0.462 e. The van der Waals surface area contributed by atoms with E-state index in [0.717, 1.165) is 16.8 Å². The summed E-state index contributed by atoms with van der Waals surface area (Å²) in [4.78, 5) is 14.1. The molecule has 0 aliphatic carbocycles. The van der Waals surface area contributed by atoms with Gasteiger partial charge in [0.15, 0.2) is 5.11 Å². The SMILES string of the molecule is CCOC(=O)c1ccc(NC(=S)N2CCN(S(=O)(=O)c3cc(C)ccc3C)CC2)cc1. The summed E-state index contributed by atoms with van der Waals surface area (Å²) in [5.41, 5.74) is 2.89. The fraction of sp³-hybridized carbons (Fsp3) is 0.364. The standard InChI is InChI=1S/C22H27N3O4S2/c1-4-29-21(26)18-7-9-19(10-8-18)23-22(30)24-11-13-25(14-12-24)31(27,28)20-15-16(2)5-6-17(20)3/h5-10,15H,4,11-14H2,1-3H3,(H,23,30). The molecule has 0 radical (unpaired) electrons. The van der Waals surface area contributed by atoms with Gasteiger partial charge in [0, 0.05) is 31.9 Å². The fourth-order valence-electron chi connectivity index (χ4n) is 3.36. The van der Waals surface area contributed by atoms with Crippen molar-refractivity contribution in [3.05, 3.63) is 59.2 Å². The van der Waals surface area contributed by atoms with Crippen LogP contribution in [0.1, 0.15) is 28.4 Å². The number of thiocarbonyl (C=S) groups is 1. The summed E-state index contributed by atoms with van der Waals surface area (Å²) in [6, 6.07) is 12.4. The maximum absolute atomic E-state index is 13.1. The normalized spacial score (nSPS) is 14.9. The lowest BCUT2D eigenvalue weighted by Crippen LogP contribution is -2.51. The summed E-state index contributed by atoms with van der Waals surface area (Å²) < 4.78 is 32.7. The first-order valence-corrected chi connectivity index (χ1v) is 12.0. The van der Waals surface area contributed by atoms with Crippen LogP contribution in [-0.2, 0) is 14.8 Å². The molecule has 0 spiro atoms. The molecule has 1 fully saturated rings. The van der Waals surface area contributed by atoms with E-state index in [9.17, 15) is 13.2 Å². The summed E-state index contributed by atoms with van der Waals surface area (Å²) in [5.74, 6) is -0.363. The number of hydrogen-bond acceptors (Lipinski definition) is 5. The van der Waals surface area contributed by atoms with Crippen LogP contribution >= 0.6 is 12.2 Å². The van der Waals surface area contributed by atoms with Crippen LogP contribution < -0.4 is 5.32 Å². The van der Waals surface area contributed by atoms with Crippen molar-refractivity contribution in [2.45, 2.75) is 25.7 Å². The van der Waals surface area contributed by atoms with Gasteiger partial charge < -0.3 is 15.0 Å². The van der Waals surface area contributed by atoms with Gasteiger partial charge in [-0.3, -0.25) is 0 Å². The molecule has 166 valence electrons. The van der Waals surface area contributed by atoms with Crippen LogP contribution in [0.4, 0.5) is 5.69 Å². The number of anilines is 1. The highest BCUT2D eigenvalue weighted by atomic mass is 32.2. The Morgan fingerprint density at radius 2 is 1.71 bits per heavy atom. The van der Waals surface area contributed by atoms with Gasteiger partial charge in [-0.15, -0.1) is 0 Å². The van der Waals surface area contributed by atoms with Crippen molar-refractivity contribution >= 4 is 39.0 Å². The first-order valence-electron chi connectivity index (χ1n) is 10.1. The number of aryl methyl sites for hydroxylation is 2. The maximum atomic E-state index is 13.1. The third kappa shape index (κ3) is 5.41. The maximum Gasteiger partial charge on any atom is 0.338 e. The second kappa shape index (κ2) is 9.76. The average molecular weight is 462 g/mol. The molecule has 2 aromatic carbocycles. The summed E-state index contributed by atoms with van der Waals surface area (Å²) in [6.07, 6.45) is 0. The Labute approximate surface area is 189 Å². The number of sulfonamides is 1. The molecule has 2 aromatic rings. The first-order chi connectivity index (χ1) is 14.7. The number of carbonyl (C=O) groups is 1. The number of benzene rings is 2. The Hall–Kier alpha value is -2.49. The van der Waals surface area contributed by atoms with Crippen LogP contribution in [0.5, 0.6) is 0 Å². The molecule has 0 atom stereocenters. The number of piperazine rings is 1. The van der Waals surface area contributed by atoms with Crippen LogP contribution in [-0.4, -0.2) is 61.5 Å². The molecule has 0 bridgehead atoms. The minimum absolute atomic E-state index is 0.327. The molecule has 3 rings (SSSR count). The van der Waals surface area contributed by atoms with Crippen molar-refractivity contribution in [3.8, 4) is 0 Å². The highest BCUT2D eigenvalue weighted by Gasteiger charge is 2.30. The van der Waals surface area contributed by atoms with Gasteiger partial charge in [-0.2, -0.15) is 4.31 Å². The van der Waals surface area contributed by atoms with Crippen LogP contribution in [0.2, 0.25) is 0 Å². The van der Waals surface area contributed by atoms with Crippen molar-refractivity contribution in [3.63, 3.8) is 0 Å². The van der Waals surface area contributed by atoms with Gasteiger partial charge >= 0.3 is 5.97 Å². The lowest BCUT2D eigenvalue weighted by atomic mass is 10.2. The van der Waals surface area contributed by atoms with E-state index in [2.05, 4.69) is 5.32 Å². The molecule has 0 amide bonds. The third-order valence-corrected chi connectivity index (χ3v) is 7.54. The van der Waals surface area contributed by atoms with Crippen LogP contribution in [0.25, 0.3) is 0 Å². The molecule has 31 heavy (non-hydrogen) atoms. The van der Waals surface area contributed by atoms with E-state index in [1.54, 1.807) is 37.3 Å². The third-order valence-electron chi connectivity index (χ3n) is 5.13. The van der Waals surface area contributed by atoms with Gasteiger partial charge in [0.2, 0.25) is 10.0 Å². The Morgan fingerprint density at radius 3 is 2.32 bits per heavy atom. The molecule has 9 heteroatoms. The fourth-order valence-corrected chi connectivity index (χ4v) is 5.39. The van der Waals surface area contributed by atoms with Crippen molar-refractivity contribution in [1.29, 1.82) is 0 Å². The highest BCUT2D eigenvalue weighted by Crippen LogP contribution is 2.22. The molecule has 0 aromatic heterocycles. The zero-order chi connectivity index (χ0) is 22.6. The molecule has 7 nitrogen and oxygen atoms in total. The summed E-state index contributed by atoms with van der Waals surface area (Å²) >= 11 is 5.50. The van der Waals surface area contributed by atoms with Crippen LogP contribution in [0.3, 0.4) is 0 Å². The summed E-state index contributed by atoms with van der Waals surface area (Å²) in [6.45, 7) is 7.51. The number of nitrogens with one attached hydrogen (secondary N) is 1. The zero-order valence-electron chi connectivity index (χ0n) is 17.9. The molecule has 0 saturated carbocycles. The van der Waals surface area contributed by atoms with Gasteiger partial charge in [-0.25, -0.2) is 13.2 Å². The Bertz CT molecular complexity index is 1060. The van der Waals surface area contributed by atoms with Gasteiger partial charge in [-0.05, 0) is 74.4 Å². The van der Waals surface area contributed by atoms with Crippen LogP contribution in [0, 0.1) is 13.8 Å². The number of ether oxygens (including phenoxy) is 1. The van der Waals surface area contributed by atoms with E-state index in [0.29, 0.717) is 48.4 Å². The minimum atomic E-state index is -3.54. The monoisotopic (exact) mass is 461 g/mol. The second-order valence-electron chi connectivity index (χ2n) is 7.39.